The number of ether oxygens (including phenoxy) is 1. The second-order valence-electron chi connectivity index (χ2n) is 8.27. The van der Waals surface area contributed by atoms with Gasteiger partial charge in [0, 0.05) is 25.2 Å². The molecule has 1 aliphatic heterocycles. The Labute approximate surface area is 205 Å². The van der Waals surface area contributed by atoms with Crippen LogP contribution < -0.4 is 19.3 Å². The number of amides is 2. The molecule has 0 aromatic heterocycles. The molecule has 1 N–H and O–H groups in total. The predicted molar refractivity (Wildman–Crippen MR) is 135 cm³/mol. The molecule has 0 atom stereocenters. The molecule has 2 amide bonds. The molecule has 1 heterocycles. The van der Waals surface area contributed by atoms with Crippen LogP contribution in [0.1, 0.15) is 18.4 Å². The first kappa shape index (κ1) is 24.3. The number of rotatable bonds is 9. The van der Waals surface area contributed by atoms with Crippen molar-refractivity contribution in [2.24, 2.45) is 0 Å². The zero-order chi connectivity index (χ0) is 24.8. The molecule has 35 heavy (non-hydrogen) atoms. The van der Waals surface area contributed by atoms with Gasteiger partial charge in [-0.05, 0) is 60.5 Å². The highest BCUT2D eigenvalue weighted by Crippen LogP contribution is 2.26. The molecule has 4 rings (SSSR count). The second kappa shape index (κ2) is 10.6. The summed E-state index contributed by atoms with van der Waals surface area (Å²) in [5, 5.41) is 2.77. The second-order valence-corrected chi connectivity index (χ2v) is 10.2. The van der Waals surface area contributed by atoms with Crippen molar-refractivity contribution in [1.82, 2.24) is 5.32 Å². The summed E-state index contributed by atoms with van der Waals surface area (Å²) in [5.41, 5.74) is 1.98. The third kappa shape index (κ3) is 6.39. The quantitative estimate of drug-likeness (QED) is 0.491. The molecule has 0 bridgehead atoms. The standard InChI is InChI=1S/C26H27N3O5S/c1-35(32,33)29(21-12-14-24(15-13-21)34-23-9-3-2-4-10-23)19-25(30)27-18-20-7-5-8-22(17-20)28-16-6-11-26(28)31/h2-5,7-10,12-15,17H,6,11,16,18-19H2,1H3,(H,27,30). The number of nitrogens with zero attached hydrogens (tertiary/aromatic N) is 2. The summed E-state index contributed by atoms with van der Waals surface area (Å²) in [4.78, 5) is 26.4. The van der Waals surface area contributed by atoms with E-state index in [9.17, 15) is 18.0 Å². The molecule has 0 unspecified atom stereocenters. The maximum atomic E-state index is 12.6. The van der Waals surface area contributed by atoms with E-state index in [0.29, 0.717) is 30.2 Å². The fourth-order valence-electron chi connectivity index (χ4n) is 3.85. The molecule has 8 nitrogen and oxygen atoms in total. The van der Waals surface area contributed by atoms with E-state index in [-0.39, 0.29) is 19.0 Å². The summed E-state index contributed by atoms with van der Waals surface area (Å²) in [6.45, 7) is 0.547. The maximum Gasteiger partial charge on any atom is 0.241 e. The van der Waals surface area contributed by atoms with Gasteiger partial charge in [-0.2, -0.15) is 0 Å². The van der Waals surface area contributed by atoms with Crippen LogP contribution in [0.4, 0.5) is 11.4 Å². The Kier molecular flexibility index (Phi) is 7.36. The minimum atomic E-state index is -3.70. The fourth-order valence-corrected chi connectivity index (χ4v) is 4.70. The highest BCUT2D eigenvalue weighted by molar-refractivity contribution is 7.92. The van der Waals surface area contributed by atoms with Crippen molar-refractivity contribution in [3.05, 3.63) is 84.4 Å². The summed E-state index contributed by atoms with van der Waals surface area (Å²) >= 11 is 0. The molecule has 1 aliphatic rings. The molecule has 3 aromatic carbocycles. The Bertz CT molecular complexity index is 1290. The lowest BCUT2D eigenvalue weighted by Crippen LogP contribution is -2.40. The number of para-hydroxylation sites is 1. The van der Waals surface area contributed by atoms with Gasteiger partial charge in [-0.25, -0.2) is 8.42 Å². The smallest absolute Gasteiger partial charge is 0.241 e. The van der Waals surface area contributed by atoms with E-state index >= 15 is 0 Å². The number of sulfonamides is 1. The van der Waals surface area contributed by atoms with Crippen LogP contribution >= 0.6 is 0 Å². The van der Waals surface area contributed by atoms with Gasteiger partial charge in [-0.1, -0.05) is 30.3 Å². The Balaban J connectivity index is 1.39. The van der Waals surface area contributed by atoms with Crippen LogP contribution in [0, 0.1) is 0 Å². The van der Waals surface area contributed by atoms with Crippen molar-refractivity contribution >= 4 is 33.2 Å². The minimum Gasteiger partial charge on any atom is -0.457 e. The SMILES string of the molecule is CS(=O)(=O)N(CC(=O)NCc1cccc(N2CCCC2=O)c1)c1ccc(Oc2ccccc2)cc1. The van der Waals surface area contributed by atoms with Crippen molar-refractivity contribution in [2.45, 2.75) is 19.4 Å². The molecule has 3 aromatic rings. The number of benzene rings is 3. The molecular formula is C26H27N3O5S. The van der Waals surface area contributed by atoms with Crippen LogP contribution in [-0.2, 0) is 26.2 Å². The molecule has 9 heteroatoms. The number of carbonyl (C=O) groups is 2. The van der Waals surface area contributed by atoms with E-state index in [2.05, 4.69) is 5.32 Å². The van der Waals surface area contributed by atoms with Gasteiger partial charge in [-0.15, -0.1) is 0 Å². The summed E-state index contributed by atoms with van der Waals surface area (Å²) in [6.07, 6.45) is 2.44. The molecule has 0 saturated carbocycles. The van der Waals surface area contributed by atoms with E-state index in [0.717, 1.165) is 28.2 Å². The minimum absolute atomic E-state index is 0.0927. The van der Waals surface area contributed by atoms with Crippen molar-refractivity contribution in [3.8, 4) is 11.5 Å². The highest BCUT2D eigenvalue weighted by Gasteiger charge is 2.23. The Morgan fingerprint density at radius 3 is 2.37 bits per heavy atom. The average Bonchev–Trinajstić information content (AvgIpc) is 3.28. The van der Waals surface area contributed by atoms with Crippen LogP contribution in [-0.4, -0.2) is 39.6 Å². The van der Waals surface area contributed by atoms with Crippen LogP contribution in [0.2, 0.25) is 0 Å². The van der Waals surface area contributed by atoms with Gasteiger partial charge in [0.25, 0.3) is 0 Å². The van der Waals surface area contributed by atoms with E-state index in [1.165, 1.54) is 0 Å². The number of nitrogens with one attached hydrogen (secondary N) is 1. The zero-order valence-corrected chi connectivity index (χ0v) is 20.2. The third-order valence-corrected chi connectivity index (χ3v) is 6.72. The zero-order valence-electron chi connectivity index (χ0n) is 19.4. The van der Waals surface area contributed by atoms with Crippen molar-refractivity contribution < 1.29 is 22.7 Å². The van der Waals surface area contributed by atoms with E-state index in [1.807, 2.05) is 54.6 Å². The van der Waals surface area contributed by atoms with Gasteiger partial charge in [0.05, 0.1) is 11.9 Å². The van der Waals surface area contributed by atoms with Crippen molar-refractivity contribution in [1.29, 1.82) is 0 Å². The van der Waals surface area contributed by atoms with Gasteiger partial charge in [0.15, 0.2) is 0 Å². The lowest BCUT2D eigenvalue weighted by molar-refractivity contribution is -0.120. The molecule has 1 fully saturated rings. The lowest BCUT2D eigenvalue weighted by atomic mass is 10.2. The van der Waals surface area contributed by atoms with E-state index in [1.54, 1.807) is 29.2 Å². The van der Waals surface area contributed by atoms with E-state index < -0.39 is 15.9 Å². The molecule has 1 saturated heterocycles. The Morgan fingerprint density at radius 2 is 1.71 bits per heavy atom. The Hall–Kier alpha value is -3.85. The van der Waals surface area contributed by atoms with Crippen molar-refractivity contribution in [3.63, 3.8) is 0 Å². The number of hydrogen-bond acceptors (Lipinski definition) is 5. The summed E-state index contributed by atoms with van der Waals surface area (Å²) in [7, 11) is -3.70. The third-order valence-electron chi connectivity index (χ3n) is 5.58. The maximum absolute atomic E-state index is 12.6. The first-order valence-electron chi connectivity index (χ1n) is 11.3. The van der Waals surface area contributed by atoms with Gasteiger partial charge >= 0.3 is 0 Å². The molecule has 0 aliphatic carbocycles. The first-order valence-corrected chi connectivity index (χ1v) is 13.1. The molecule has 182 valence electrons. The largest absolute Gasteiger partial charge is 0.457 e. The summed E-state index contributed by atoms with van der Waals surface area (Å²) < 4.78 is 31.6. The highest BCUT2D eigenvalue weighted by atomic mass is 32.2. The molecule has 0 spiro atoms. The van der Waals surface area contributed by atoms with Gasteiger partial charge in [-0.3, -0.25) is 13.9 Å². The summed E-state index contributed by atoms with van der Waals surface area (Å²) in [5.74, 6) is 0.866. The van der Waals surface area contributed by atoms with Gasteiger partial charge in [0.1, 0.15) is 18.0 Å². The normalized spacial score (nSPS) is 13.5. The lowest BCUT2D eigenvalue weighted by Gasteiger charge is -2.22. The predicted octanol–water partition coefficient (Wildman–Crippen LogP) is 3.69. The van der Waals surface area contributed by atoms with Crippen LogP contribution in [0.5, 0.6) is 11.5 Å². The Morgan fingerprint density at radius 1 is 1.00 bits per heavy atom. The topological polar surface area (TPSA) is 96.0 Å². The van der Waals surface area contributed by atoms with Gasteiger partial charge in [0.2, 0.25) is 21.8 Å². The number of carbonyl (C=O) groups excluding carboxylic acids is 2. The monoisotopic (exact) mass is 493 g/mol. The van der Waals surface area contributed by atoms with E-state index in [4.69, 9.17) is 4.74 Å². The first-order chi connectivity index (χ1) is 16.8. The average molecular weight is 494 g/mol. The summed E-state index contributed by atoms with van der Waals surface area (Å²) in [6, 6.07) is 23.2. The van der Waals surface area contributed by atoms with Gasteiger partial charge < -0.3 is 15.0 Å². The molecule has 0 radical (unpaired) electrons. The van der Waals surface area contributed by atoms with Crippen LogP contribution in [0.3, 0.4) is 0 Å². The van der Waals surface area contributed by atoms with Crippen LogP contribution in [0.25, 0.3) is 0 Å². The number of hydrogen-bond donors (Lipinski definition) is 1. The van der Waals surface area contributed by atoms with Crippen molar-refractivity contribution in [2.75, 3.05) is 28.6 Å². The number of anilines is 2. The fraction of sp³-hybridized carbons (Fsp3) is 0.231. The van der Waals surface area contributed by atoms with Crippen LogP contribution in [0.15, 0.2) is 78.9 Å². The molecular weight excluding hydrogens is 466 g/mol.